The number of carbonyl (C=O) groups excluding carboxylic acids is 2. The first-order chi connectivity index (χ1) is 14.7. The maximum Gasteiger partial charge on any atom is 0.410 e. The van der Waals surface area contributed by atoms with Gasteiger partial charge in [0.05, 0.1) is 5.54 Å². The van der Waals surface area contributed by atoms with Crippen LogP contribution in [-0.2, 0) is 19.6 Å². The molecule has 2 amide bonds. The molecule has 2 aliphatic heterocycles. The highest BCUT2D eigenvalue weighted by Gasteiger charge is 2.49. The standard InChI is InChI=1S/C23H33N3O5S/c1-22(2,3)26-20(27)18(19(32(26,29)30)17-10-8-7-9-11-17)24-13-12-16-14-25(15-16)21(28)31-23(4,5)6/h7-11,16,24H,12-15H2,1-6H3. The molecular weight excluding hydrogens is 430 g/mol. The Labute approximate surface area is 190 Å². The third kappa shape index (κ3) is 4.92. The third-order valence-corrected chi connectivity index (χ3v) is 7.38. The molecule has 0 radical (unpaired) electrons. The number of sulfonamides is 1. The van der Waals surface area contributed by atoms with Crippen molar-refractivity contribution >= 4 is 26.9 Å². The summed E-state index contributed by atoms with van der Waals surface area (Å²) in [5.74, 6) is -0.275. The molecule has 1 N–H and O–H groups in total. The minimum Gasteiger partial charge on any atom is -0.444 e. The summed E-state index contributed by atoms with van der Waals surface area (Å²) in [6.45, 7) is 12.2. The third-order valence-electron chi connectivity index (χ3n) is 5.23. The van der Waals surface area contributed by atoms with E-state index < -0.39 is 27.1 Å². The van der Waals surface area contributed by atoms with Gasteiger partial charge in [0.25, 0.3) is 15.9 Å². The summed E-state index contributed by atoms with van der Waals surface area (Å²) in [5, 5.41) is 3.09. The highest BCUT2D eigenvalue weighted by atomic mass is 32.2. The maximum absolute atomic E-state index is 13.3. The van der Waals surface area contributed by atoms with E-state index >= 15 is 0 Å². The van der Waals surface area contributed by atoms with Gasteiger partial charge in [0.15, 0.2) is 0 Å². The number of nitrogens with one attached hydrogen (secondary N) is 1. The van der Waals surface area contributed by atoms with Gasteiger partial charge < -0.3 is 15.0 Å². The van der Waals surface area contributed by atoms with Crippen LogP contribution in [0.25, 0.3) is 4.91 Å². The fraction of sp³-hybridized carbons (Fsp3) is 0.565. The molecule has 0 spiro atoms. The monoisotopic (exact) mass is 463 g/mol. The minimum absolute atomic E-state index is 0.0158. The van der Waals surface area contributed by atoms with E-state index in [1.165, 1.54) is 0 Å². The molecule has 1 fully saturated rings. The lowest BCUT2D eigenvalue weighted by atomic mass is 9.97. The van der Waals surface area contributed by atoms with E-state index in [-0.39, 0.29) is 22.6 Å². The van der Waals surface area contributed by atoms with Crippen LogP contribution in [0.3, 0.4) is 0 Å². The zero-order chi connectivity index (χ0) is 23.9. The molecule has 0 unspecified atom stereocenters. The summed E-state index contributed by atoms with van der Waals surface area (Å²) in [5.41, 5.74) is -0.831. The first-order valence-corrected chi connectivity index (χ1v) is 12.3. The molecule has 8 nitrogen and oxygen atoms in total. The summed E-state index contributed by atoms with van der Waals surface area (Å²) in [4.78, 5) is 26.9. The summed E-state index contributed by atoms with van der Waals surface area (Å²) in [6, 6.07) is 8.69. The number of likely N-dealkylation sites (tertiary alicyclic amines) is 1. The Morgan fingerprint density at radius 1 is 1.09 bits per heavy atom. The summed E-state index contributed by atoms with van der Waals surface area (Å²) < 4.78 is 32.9. The van der Waals surface area contributed by atoms with Crippen molar-refractivity contribution in [1.29, 1.82) is 0 Å². The number of hydrogen-bond donors (Lipinski definition) is 1. The molecule has 2 heterocycles. The molecule has 0 aliphatic carbocycles. The average Bonchev–Trinajstić information content (AvgIpc) is 2.80. The number of benzene rings is 1. The van der Waals surface area contributed by atoms with Crippen molar-refractivity contribution in [2.75, 3.05) is 19.6 Å². The van der Waals surface area contributed by atoms with Gasteiger partial charge in [-0.05, 0) is 59.4 Å². The molecule has 0 aromatic heterocycles. The van der Waals surface area contributed by atoms with Crippen molar-refractivity contribution in [3.8, 4) is 0 Å². The second kappa shape index (κ2) is 8.42. The molecule has 1 aromatic carbocycles. The fourth-order valence-corrected chi connectivity index (χ4v) is 5.93. The van der Waals surface area contributed by atoms with Crippen LogP contribution in [0.2, 0.25) is 0 Å². The number of hydrogen-bond acceptors (Lipinski definition) is 6. The van der Waals surface area contributed by atoms with Gasteiger partial charge in [-0.25, -0.2) is 17.5 Å². The van der Waals surface area contributed by atoms with Gasteiger partial charge in [-0.2, -0.15) is 0 Å². The Kier molecular flexibility index (Phi) is 6.34. The van der Waals surface area contributed by atoms with Gasteiger partial charge in [-0.15, -0.1) is 0 Å². The summed E-state index contributed by atoms with van der Waals surface area (Å²) in [7, 11) is -3.99. The minimum atomic E-state index is -3.99. The van der Waals surface area contributed by atoms with Gasteiger partial charge in [-0.3, -0.25) is 4.79 Å². The lowest BCUT2D eigenvalue weighted by Crippen LogP contribution is -2.52. The largest absolute Gasteiger partial charge is 0.444 e. The summed E-state index contributed by atoms with van der Waals surface area (Å²) >= 11 is 0. The second-order valence-corrected chi connectivity index (χ2v) is 12.0. The van der Waals surface area contributed by atoms with Crippen molar-refractivity contribution < 1.29 is 22.7 Å². The van der Waals surface area contributed by atoms with Gasteiger partial charge in [0.1, 0.15) is 16.2 Å². The lowest BCUT2D eigenvalue weighted by Gasteiger charge is -2.39. The van der Waals surface area contributed by atoms with Gasteiger partial charge >= 0.3 is 6.09 Å². The van der Waals surface area contributed by atoms with Crippen molar-refractivity contribution in [3.05, 3.63) is 41.6 Å². The van der Waals surface area contributed by atoms with Crippen LogP contribution in [-0.4, -0.2) is 60.4 Å². The molecular formula is C23H33N3O5S. The molecule has 0 atom stereocenters. The average molecular weight is 464 g/mol. The number of rotatable bonds is 5. The normalized spacial score (nSPS) is 19.2. The molecule has 32 heavy (non-hydrogen) atoms. The van der Waals surface area contributed by atoms with Gasteiger partial charge in [0, 0.05) is 19.6 Å². The van der Waals surface area contributed by atoms with Crippen LogP contribution in [0.4, 0.5) is 4.79 Å². The van der Waals surface area contributed by atoms with Crippen LogP contribution >= 0.6 is 0 Å². The van der Waals surface area contributed by atoms with Crippen molar-refractivity contribution in [1.82, 2.24) is 14.5 Å². The van der Waals surface area contributed by atoms with Gasteiger partial charge in [0.2, 0.25) is 0 Å². The molecule has 3 rings (SSSR count). The Morgan fingerprint density at radius 3 is 2.22 bits per heavy atom. The Bertz CT molecular complexity index is 1010. The van der Waals surface area contributed by atoms with Crippen LogP contribution in [0.1, 0.15) is 53.5 Å². The molecule has 0 bridgehead atoms. The number of amides is 2. The van der Waals surface area contributed by atoms with Crippen molar-refractivity contribution in [2.24, 2.45) is 5.92 Å². The first kappa shape index (κ1) is 24.1. The predicted octanol–water partition coefficient (Wildman–Crippen LogP) is 3.17. The Morgan fingerprint density at radius 2 is 1.69 bits per heavy atom. The molecule has 1 saturated heterocycles. The van der Waals surface area contributed by atoms with Crippen LogP contribution < -0.4 is 5.32 Å². The van der Waals surface area contributed by atoms with Crippen LogP contribution in [0, 0.1) is 5.92 Å². The van der Waals surface area contributed by atoms with E-state index in [4.69, 9.17) is 4.74 Å². The lowest BCUT2D eigenvalue weighted by molar-refractivity contribution is -0.125. The van der Waals surface area contributed by atoms with E-state index in [1.807, 2.05) is 20.8 Å². The molecule has 2 aliphatic rings. The second-order valence-electron chi connectivity index (χ2n) is 10.3. The first-order valence-electron chi connectivity index (χ1n) is 10.8. The zero-order valence-corrected chi connectivity index (χ0v) is 20.5. The van der Waals surface area contributed by atoms with E-state index in [9.17, 15) is 18.0 Å². The molecule has 176 valence electrons. The van der Waals surface area contributed by atoms with Crippen molar-refractivity contribution in [2.45, 2.75) is 59.1 Å². The van der Waals surface area contributed by atoms with Crippen LogP contribution in [0.5, 0.6) is 0 Å². The van der Waals surface area contributed by atoms with Gasteiger partial charge in [-0.1, -0.05) is 30.3 Å². The zero-order valence-electron chi connectivity index (χ0n) is 19.6. The van der Waals surface area contributed by atoms with Crippen LogP contribution in [0.15, 0.2) is 36.0 Å². The Balaban J connectivity index is 1.70. The number of carbonyl (C=O) groups is 2. The quantitative estimate of drug-likeness (QED) is 0.721. The topological polar surface area (TPSA) is 96.0 Å². The highest BCUT2D eigenvalue weighted by molar-refractivity contribution is 7.99. The Hall–Kier alpha value is -2.55. The smallest absolute Gasteiger partial charge is 0.410 e. The van der Waals surface area contributed by atoms with E-state index in [0.29, 0.717) is 31.6 Å². The number of nitrogens with zero attached hydrogens (tertiary/aromatic N) is 2. The maximum atomic E-state index is 13.3. The van der Waals surface area contributed by atoms with Crippen molar-refractivity contribution in [3.63, 3.8) is 0 Å². The predicted molar refractivity (Wildman–Crippen MR) is 123 cm³/mol. The highest BCUT2D eigenvalue weighted by Crippen LogP contribution is 2.38. The molecule has 9 heteroatoms. The SMILES string of the molecule is CC(C)(C)OC(=O)N1CC(CCNC2=C(c3ccccc3)S(=O)(=O)N(C(C)(C)C)C2=O)C1. The van der Waals surface area contributed by atoms with E-state index in [2.05, 4.69) is 5.32 Å². The van der Waals surface area contributed by atoms with E-state index in [0.717, 1.165) is 4.31 Å². The summed E-state index contributed by atoms with van der Waals surface area (Å²) in [6.07, 6.45) is 0.377. The number of ether oxygens (including phenoxy) is 1. The molecule has 0 saturated carbocycles. The molecule has 1 aromatic rings. The van der Waals surface area contributed by atoms with E-state index in [1.54, 1.807) is 56.0 Å². The fourth-order valence-electron chi connectivity index (χ4n) is 3.86.